The molecule has 1 N–H and O–H groups in total. The first-order valence-corrected chi connectivity index (χ1v) is 7.00. The van der Waals surface area contributed by atoms with Crippen molar-refractivity contribution in [2.75, 3.05) is 26.2 Å². The molecule has 1 fully saturated rings. The molecular weight excluding hydrogens is 286 g/mol. The summed E-state index contributed by atoms with van der Waals surface area (Å²) in [7, 11) is 0. The average Bonchev–Trinajstić information content (AvgIpc) is 2.40. The van der Waals surface area contributed by atoms with Gasteiger partial charge in [0.15, 0.2) is 0 Å². The van der Waals surface area contributed by atoms with Crippen molar-refractivity contribution in [1.29, 1.82) is 0 Å². The van der Waals surface area contributed by atoms with E-state index >= 15 is 0 Å². The molecule has 1 atom stereocenters. The van der Waals surface area contributed by atoms with E-state index in [1.165, 1.54) is 6.07 Å². The molecule has 0 radical (unpaired) electrons. The van der Waals surface area contributed by atoms with Crippen LogP contribution in [0.25, 0.3) is 0 Å². The summed E-state index contributed by atoms with van der Waals surface area (Å²) >= 11 is 6.00. The predicted octanol–water partition coefficient (Wildman–Crippen LogP) is 3.65. The van der Waals surface area contributed by atoms with Crippen molar-refractivity contribution in [2.24, 2.45) is 0 Å². The number of hydrogen-bond acceptors (Lipinski definition) is 2. The molecule has 0 bridgehead atoms. The topological polar surface area (TPSA) is 15.3 Å². The van der Waals surface area contributed by atoms with Gasteiger partial charge < -0.3 is 5.32 Å². The van der Waals surface area contributed by atoms with Gasteiger partial charge in [0, 0.05) is 42.8 Å². The summed E-state index contributed by atoms with van der Waals surface area (Å²) in [5.74, 6) is -0.142. The Labute approximate surface area is 125 Å². The zero-order valence-corrected chi connectivity index (χ0v) is 12.7. The number of halogens is 3. The molecule has 1 aromatic rings. The SMILES string of the molecule is CCC[C@H](c1cc(Cl)ccc1F)N1CCNCC1.Cl. The highest BCUT2D eigenvalue weighted by molar-refractivity contribution is 6.30. The molecule has 19 heavy (non-hydrogen) atoms. The molecule has 1 aliphatic rings. The van der Waals surface area contributed by atoms with E-state index in [9.17, 15) is 4.39 Å². The molecule has 0 spiro atoms. The van der Waals surface area contributed by atoms with Crippen molar-refractivity contribution in [3.8, 4) is 0 Å². The standard InChI is InChI=1S/C14H20ClFN2.ClH/c1-2-3-14(18-8-6-17-7-9-18)12-10-11(15)4-5-13(12)16;/h4-5,10,14,17H,2-3,6-9H2,1H3;1H/t14-;/m1./s1. The maximum Gasteiger partial charge on any atom is 0.128 e. The van der Waals surface area contributed by atoms with E-state index in [-0.39, 0.29) is 24.3 Å². The lowest BCUT2D eigenvalue weighted by molar-refractivity contribution is 0.161. The minimum absolute atomic E-state index is 0. The van der Waals surface area contributed by atoms with Crippen molar-refractivity contribution in [2.45, 2.75) is 25.8 Å². The number of nitrogens with one attached hydrogen (secondary N) is 1. The molecule has 1 heterocycles. The molecule has 5 heteroatoms. The number of benzene rings is 1. The summed E-state index contributed by atoms with van der Waals surface area (Å²) < 4.78 is 14.0. The summed E-state index contributed by atoms with van der Waals surface area (Å²) in [5, 5.41) is 3.94. The highest BCUT2D eigenvalue weighted by Gasteiger charge is 2.23. The molecule has 1 aromatic carbocycles. The first-order chi connectivity index (χ1) is 8.72. The van der Waals surface area contributed by atoms with Crippen LogP contribution in [0.1, 0.15) is 31.4 Å². The Balaban J connectivity index is 0.00000180. The van der Waals surface area contributed by atoms with Crippen LogP contribution in [0, 0.1) is 5.82 Å². The molecule has 0 aromatic heterocycles. The van der Waals surface area contributed by atoms with Gasteiger partial charge in [-0.1, -0.05) is 24.9 Å². The quantitative estimate of drug-likeness (QED) is 0.913. The average molecular weight is 307 g/mol. The van der Waals surface area contributed by atoms with Crippen LogP contribution in [-0.4, -0.2) is 31.1 Å². The van der Waals surface area contributed by atoms with Gasteiger partial charge in [-0.3, -0.25) is 4.90 Å². The Morgan fingerprint density at radius 3 is 2.68 bits per heavy atom. The molecule has 0 unspecified atom stereocenters. The third-order valence-electron chi connectivity index (χ3n) is 3.47. The van der Waals surface area contributed by atoms with Crippen LogP contribution in [0.3, 0.4) is 0 Å². The Hall–Kier alpha value is -0.350. The zero-order valence-electron chi connectivity index (χ0n) is 11.2. The third kappa shape index (κ3) is 4.32. The largest absolute Gasteiger partial charge is 0.314 e. The van der Waals surface area contributed by atoms with E-state index in [0.717, 1.165) is 44.6 Å². The Morgan fingerprint density at radius 2 is 2.05 bits per heavy atom. The first-order valence-electron chi connectivity index (χ1n) is 6.62. The lowest BCUT2D eigenvalue weighted by atomic mass is 9.99. The summed E-state index contributed by atoms with van der Waals surface area (Å²) in [6.45, 7) is 6.02. The van der Waals surface area contributed by atoms with Crippen LogP contribution < -0.4 is 5.32 Å². The van der Waals surface area contributed by atoms with Gasteiger partial charge in [-0.15, -0.1) is 12.4 Å². The Morgan fingerprint density at radius 1 is 1.37 bits per heavy atom. The van der Waals surface area contributed by atoms with Gasteiger partial charge in [-0.05, 0) is 24.6 Å². The van der Waals surface area contributed by atoms with Gasteiger partial charge >= 0.3 is 0 Å². The smallest absolute Gasteiger partial charge is 0.128 e. The van der Waals surface area contributed by atoms with Gasteiger partial charge in [-0.2, -0.15) is 0 Å². The lowest BCUT2D eigenvalue weighted by Crippen LogP contribution is -2.45. The normalized spacial score (nSPS) is 17.8. The summed E-state index contributed by atoms with van der Waals surface area (Å²) in [5.41, 5.74) is 0.742. The second-order valence-corrected chi connectivity index (χ2v) is 5.19. The van der Waals surface area contributed by atoms with E-state index in [2.05, 4.69) is 17.1 Å². The maximum absolute atomic E-state index is 14.0. The van der Waals surface area contributed by atoms with E-state index < -0.39 is 0 Å². The molecule has 1 aliphatic heterocycles. The molecular formula is C14H21Cl2FN2. The molecule has 0 saturated carbocycles. The summed E-state index contributed by atoms with van der Waals surface area (Å²) in [4.78, 5) is 2.36. The number of nitrogens with zero attached hydrogens (tertiary/aromatic N) is 1. The maximum atomic E-state index is 14.0. The van der Waals surface area contributed by atoms with E-state index in [4.69, 9.17) is 11.6 Å². The monoisotopic (exact) mass is 306 g/mol. The third-order valence-corrected chi connectivity index (χ3v) is 3.71. The molecule has 0 aliphatic carbocycles. The van der Waals surface area contributed by atoms with Gasteiger partial charge in [0.25, 0.3) is 0 Å². The van der Waals surface area contributed by atoms with Crippen LogP contribution in [0.5, 0.6) is 0 Å². The minimum atomic E-state index is -0.142. The minimum Gasteiger partial charge on any atom is -0.314 e. The van der Waals surface area contributed by atoms with Crippen LogP contribution in [-0.2, 0) is 0 Å². The fraction of sp³-hybridized carbons (Fsp3) is 0.571. The van der Waals surface area contributed by atoms with Crippen molar-refractivity contribution in [3.63, 3.8) is 0 Å². The van der Waals surface area contributed by atoms with E-state index in [0.29, 0.717) is 5.02 Å². The highest BCUT2D eigenvalue weighted by atomic mass is 35.5. The lowest BCUT2D eigenvalue weighted by Gasteiger charge is -2.35. The summed E-state index contributed by atoms with van der Waals surface area (Å²) in [6, 6.07) is 5.01. The van der Waals surface area contributed by atoms with Gasteiger partial charge in [0.05, 0.1) is 0 Å². The number of rotatable bonds is 4. The van der Waals surface area contributed by atoms with Crippen LogP contribution >= 0.6 is 24.0 Å². The van der Waals surface area contributed by atoms with Crippen molar-refractivity contribution < 1.29 is 4.39 Å². The van der Waals surface area contributed by atoms with E-state index in [1.807, 2.05) is 0 Å². The van der Waals surface area contributed by atoms with Crippen molar-refractivity contribution in [3.05, 3.63) is 34.6 Å². The van der Waals surface area contributed by atoms with Crippen LogP contribution in [0.2, 0.25) is 5.02 Å². The second kappa shape index (κ2) is 8.05. The molecule has 0 amide bonds. The van der Waals surface area contributed by atoms with Gasteiger partial charge in [-0.25, -0.2) is 4.39 Å². The molecule has 2 nitrogen and oxygen atoms in total. The molecule has 108 valence electrons. The predicted molar refractivity (Wildman–Crippen MR) is 80.7 cm³/mol. The first kappa shape index (κ1) is 16.7. The highest BCUT2D eigenvalue weighted by Crippen LogP contribution is 2.30. The fourth-order valence-electron chi connectivity index (χ4n) is 2.57. The van der Waals surface area contributed by atoms with Crippen molar-refractivity contribution >= 4 is 24.0 Å². The zero-order chi connectivity index (χ0) is 13.0. The van der Waals surface area contributed by atoms with Gasteiger partial charge in [0.2, 0.25) is 0 Å². The second-order valence-electron chi connectivity index (χ2n) is 4.76. The van der Waals surface area contributed by atoms with Gasteiger partial charge in [0.1, 0.15) is 5.82 Å². The Kier molecular flexibility index (Phi) is 7.08. The molecule has 2 rings (SSSR count). The molecule has 1 saturated heterocycles. The van der Waals surface area contributed by atoms with Crippen LogP contribution in [0.4, 0.5) is 4.39 Å². The summed E-state index contributed by atoms with van der Waals surface area (Å²) in [6.07, 6.45) is 2.01. The van der Waals surface area contributed by atoms with Crippen molar-refractivity contribution in [1.82, 2.24) is 10.2 Å². The fourth-order valence-corrected chi connectivity index (χ4v) is 2.75. The van der Waals surface area contributed by atoms with E-state index in [1.54, 1.807) is 12.1 Å². The Bertz CT molecular complexity index is 395. The number of hydrogen-bond donors (Lipinski definition) is 1. The van der Waals surface area contributed by atoms with Crippen LogP contribution in [0.15, 0.2) is 18.2 Å². The number of piperazine rings is 1.